The normalized spacial score (nSPS) is 25.8. The Hall–Kier alpha value is 0.0700. The third kappa shape index (κ3) is 4.93. The van der Waals surface area contributed by atoms with Gasteiger partial charge >= 0.3 is 0 Å². The fraction of sp³-hybridized carbons (Fsp3) is 1.00. The Morgan fingerprint density at radius 2 is 2.31 bits per heavy atom. The summed E-state index contributed by atoms with van der Waals surface area (Å²) >= 11 is 0. The Morgan fingerprint density at radius 1 is 1.56 bits per heavy atom. The minimum Gasteiger partial charge on any atom is -0.313 e. The van der Waals surface area contributed by atoms with Crippen molar-refractivity contribution in [3.63, 3.8) is 0 Å². The fourth-order valence-corrected chi connectivity index (χ4v) is 2.52. The summed E-state index contributed by atoms with van der Waals surface area (Å²) in [7, 11) is -0.666. The van der Waals surface area contributed by atoms with Gasteiger partial charge in [0.1, 0.15) is 0 Å². The predicted molar refractivity (Wildman–Crippen MR) is 71.3 cm³/mol. The quantitative estimate of drug-likeness (QED) is 0.733. The predicted octanol–water partition coefficient (Wildman–Crippen LogP) is 1.22. The molecule has 3 atom stereocenters. The maximum Gasteiger partial charge on any atom is 0.0329 e. The Bertz CT molecular complexity index is 223. The second-order valence-corrected chi connectivity index (χ2v) is 6.64. The zero-order valence-corrected chi connectivity index (χ0v) is 11.7. The first-order valence-electron chi connectivity index (χ1n) is 6.41. The van der Waals surface area contributed by atoms with Gasteiger partial charge in [-0.1, -0.05) is 13.8 Å². The smallest absolute Gasteiger partial charge is 0.0329 e. The highest BCUT2D eigenvalue weighted by atomic mass is 32.2. The summed E-state index contributed by atoms with van der Waals surface area (Å²) in [5.41, 5.74) is 0. The van der Waals surface area contributed by atoms with E-state index in [1.165, 1.54) is 25.9 Å². The van der Waals surface area contributed by atoms with E-state index in [0.29, 0.717) is 11.3 Å². The Morgan fingerprint density at radius 3 is 2.94 bits per heavy atom. The molecule has 0 spiro atoms. The van der Waals surface area contributed by atoms with E-state index in [9.17, 15) is 4.21 Å². The van der Waals surface area contributed by atoms with Crippen LogP contribution in [0.2, 0.25) is 0 Å². The van der Waals surface area contributed by atoms with E-state index in [-0.39, 0.29) is 0 Å². The Labute approximate surface area is 102 Å². The van der Waals surface area contributed by atoms with Crippen LogP contribution in [0.5, 0.6) is 0 Å². The van der Waals surface area contributed by atoms with Crippen molar-refractivity contribution >= 4 is 10.8 Å². The molecule has 1 N–H and O–H groups in total. The summed E-state index contributed by atoms with van der Waals surface area (Å²) < 4.78 is 11.2. The molecule has 0 saturated carbocycles. The third-order valence-electron chi connectivity index (χ3n) is 3.37. The first-order valence-corrected chi connectivity index (χ1v) is 8.03. The molecule has 3 nitrogen and oxygen atoms in total. The summed E-state index contributed by atoms with van der Waals surface area (Å²) in [4.78, 5) is 2.50. The minimum atomic E-state index is -0.666. The molecule has 0 amide bonds. The van der Waals surface area contributed by atoms with Crippen LogP contribution < -0.4 is 5.32 Å². The average Bonchev–Trinajstić information content (AvgIpc) is 2.70. The van der Waals surface area contributed by atoms with Crippen LogP contribution in [0, 0.1) is 0 Å². The molecule has 3 unspecified atom stereocenters. The second kappa shape index (κ2) is 7.41. The number of hydrogen-bond donors (Lipinski definition) is 1. The lowest BCUT2D eigenvalue weighted by molar-refractivity contribution is 0.323. The highest BCUT2D eigenvalue weighted by Crippen LogP contribution is 2.11. The van der Waals surface area contributed by atoms with E-state index >= 15 is 0 Å². The van der Waals surface area contributed by atoms with Crippen molar-refractivity contribution in [1.29, 1.82) is 0 Å². The van der Waals surface area contributed by atoms with Gasteiger partial charge in [-0.05, 0) is 38.9 Å². The van der Waals surface area contributed by atoms with Gasteiger partial charge in [-0.15, -0.1) is 0 Å². The topological polar surface area (TPSA) is 32.3 Å². The van der Waals surface area contributed by atoms with E-state index in [1.54, 1.807) is 6.26 Å². The second-order valence-electron chi connectivity index (χ2n) is 4.84. The molecule has 0 bridgehead atoms. The van der Waals surface area contributed by atoms with Crippen molar-refractivity contribution in [3.8, 4) is 0 Å². The van der Waals surface area contributed by atoms with Gasteiger partial charge in [0.25, 0.3) is 0 Å². The van der Waals surface area contributed by atoms with Gasteiger partial charge in [-0.25, -0.2) is 0 Å². The van der Waals surface area contributed by atoms with Gasteiger partial charge in [-0.3, -0.25) is 4.21 Å². The van der Waals surface area contributed by atoms with Gasteiger partial charge < -0.3 is 10.2 Å². The number of hydrogen-bond acceptors (Lipinski definition) is 3. The molecule has 1 aliphatic heterocycles. The lowest BCUT2D eigenvalue weighted by Gasteiger charge is -2.18. The van der Waals surface area contributed by atoms with Gasteiger partial charge in [0.15, 0.2) is 0 Å². The fourth-order valence-electron chi connectivity index (χ4n) is 2.08. The molecule has 0 aromatic carbocycles. The summed E-state index contributed by atoms with van der Waals surface area (Å²) in [6, 6.07) is 0.683. The van der Waals surface area contributed by atoms with Gasteiger partial charge in [0, 0.05) is 34.9 Å². The first kappa shape index (κ1) is 14.1. The van der Waals surface area contributed by atoms with Crippen LogP contribution in [0.1, 0.15) is 33.1 Å². The molecular formula is C12H26N2OS. The zero-order chi connectivity index (χ0) is 12.0. The number of likely N-dealkylation sites (tertiary alicyclic amines) is 1. The van der Waals surface area contributed by atoms with E-state index in [1.807, 2.05) is 0 Å². The van der Waals surface area contributed by atoms with E-state index < -0.39 is 10.8 Å². The van der Waals surface area contributed by atoms with Crippen LogP contribution >= 0.6 is 0 Å². The van der Waals surface area contributed by atoms with E-state index in [0.717, 1.165) is 19.5 Å². The molecule has 16 heavy (non-hydrogen) atoms. The molecule has 4 heteroatoms. The number of rotatable bonds is 7. The summed E-state index contributed by atoms with van der Waals surface area (Å²) in [6.07, 6.45) is 5.34. The molecule has 1 aliphatic rings. The van der Waals surface area contributed by atoms with Crippen molar-refractivity contribution in [2.24, 2.45) is 0 Å². The maximum atomic E-state index is 11.2. The van der Waals surface area contributed by atoms with Gasteiger partial charge in [0.2, 0.25) is 0 Å². The number of nitrogens with one attached hydrogen (secondary N) is 1. The van der Waals surface area contributed by atoms with Crippen LogP contribution in [-0.2, 0) is 10.8 Å². The van der Waals surface area contributed by atoms with Crippen molar-refractivity contribution in [2.45, 2.75) is 44.4 Å². The van der Waals surface area contributed by atoms with Crippen LogP contribution in [0.25, 0.3) is 0 Å². The lowest BCUT2D eigenvalue weighted by Crippen LogP contribution is -2.33. The van der Waals surface area contributed by atoms with Crippen molar-refractivity contribution < 1.29 is 4.21 Å². The van der Waals surface area contributed by atoms with Crippen LogP contribution in [-0.4, -0.2) is 52.8 Å². The molecule has 0 aromatic rings. The third-order valence-corrected chi connectivity index (χ3v) is 4.74. The van der Waals surface area contributed by atoms with Crippen LogP contribution in [0.4, 0.5) is 0 Å². The highest BCUT2D eigenvalue weighted by molar-refractivity contribution is 7.84. The SMILES string of the molecule is CCCNC1CCN(CCC(C)S(C)=O)C1. The largest absolute Gasteiger partial charge is 0.313 e. The molecular weight excluding hydrogens is 220 g/mol. The summed E-state index contributed by atoms with van der Waals surface area (Å²) in [6.45, 7) is 8.89. The monoisotopic (exact) mass is 246 g/mol. The zero-order valence-electron chi connectivity index (χ0n) is 10.9. The average molecular weight is 246 g/mol. The molecule has 1 saturated heterocycles. The molecule has 1 heterocycles. The van der Waals surface area contributed by atoms with Crippen molar-refractivity contribution in [2.75, 3.05) is 32.4 Å². The van der Waals surface area contributed by atoms with Crippen LogP contribution in [0.15, 0.2) is 0 Å². The Balaban J connectivity index is 2.14. The molecule has 0 aromatic heterocycles. The standard InChI is InChI=1S/C12H26N2OS/c1-4-7-13-12-6-9-14(10-12)8-5-11(2)16(3)15/h11-13H,4-10H2,1-3H3. The lowest BCUT2D eigenvalue weighted by atomic mass is 10.2. The summed E-state index contributed by atoms with van der Waals surface area (Å²) in [5.74, 6) is 0. The highest BCUT2D eigenvalue weighted by Gasteiger charge is 2.21. The Kier molecular flexibility index (Phi) is 6.54. The molecule has 96 valence electrons. The first-order chi connectivity index (χ1) is 7.63. The molecule has 1 rings (SSSR count). The number of nitrogens with zero attached hydrogens (tertiary/aromatic N) is 1. The summed E-state index contributed by atoms with van der Waals surface area (Å²) in [5, 5.41) is 3.91. The molecule has 0 aliphatic carbocycles. The van der Waals surface area contributed by atoms with Crippen LogP contribution in [0.3, 0.4) is 0 Å². The van der Waals surface area contributed by atoms with Crippen molar-refractivity contribution in [1.82, 2.24) is 10.2 Å². The van der Waals surface area contributed by atoms with E-state index in [2.05, 4.69) is 24.1 Å². The maximum absolute atomic E-state index is 11.2. The molecule has 1 fully saturated rings. The molecule has 0 radical (unpaired) electrons. The van der Waals surface area contributed by atoms with Gasteiger partial charge in [0.05, 0.1) is 0 Å². The minimum absolute atomic E-state index is 0.336. The van der Waals surface area contributed by atoms with E-state index in [4.69, 9.17) is 0 Å². The van der Waals surface area contributed by atoms with Gasteiger partial charge in [-0.2, -0.15) is 0 Å². The van der Waals surface area contributed by atoms with Crippen molar-refractivity contribution in [3.05, 3.63) is 0 Å².